The fraction of sp³-hybridized carbons (Fsp3) is 0.0909. The highest BCUT2D eigenvalue weighted by Crippen LogP contribution is 2.17. The zero-order chi connectivity index (χ0) is 13.2. The Hall–Kier alpha value is -1.66. The van der Waals surface area contributed by atoms with Crippen molar-refractivity contribution in [1.82, 2.24) is 9.97 Å². The lowest BCUT2D eigenvalue weighted by atomic mass is 10.4. The van der Waals surface area contributed by atoms with Gasteiger partial charge in [0, 0.05) is 11.9 Å². The van der Waals surface area contributed by atoms with Gasteiger partial charge in [0.25, 0.3) is 10.0 Å². The lowest BCUT2D eigenvalue weighted by molar-refractivity contribution is 0.601. The van der Waals surface area contributed by atoms with E-state index in [2.05, 4.69) is 14.7 Å². The first-order valence-corrected chi connectivity index (χ1v) is 6.90. The molecular weight excluding hydrogens is 274 g/mol. The van der Waals surface area contributed by atoms with E-state index in [0.717, 1.165) is 5.69 Å². The van der Waals surface area contributed by atoms with Crippen LogP contribution in [-0.4, -0.2) is 18.4 Å². The molecule has 5 nitrogen and oxygen atoms in total. The molecule has 0 aliphatic heterocycles. The van der Waals surface area contributed by atoms with Crippen LogP contribution in [0.4, 0.5) is 5.69 Å². The van der Waals surface area contributed by atoms with Crippen LogP contribution in [0.1, 0.15) is 5.69 Å². The number of hydrogen-bond donors (Lipinski definition) is 1. The quantitative estimate of drug-likeness (QED) is 0.877. The molecule has 1 N–H and O–H groups in total. The second-order valence-corrected chi connectivity index (χ2v) is 5.68. The first-order valence-electron chi connectivity index (χ1n) is 5.04. The van der Waals surface area contributed by atoms with Crippen molar-refractivity contribution in [2.24, 2.45) is 0 Å². The number of hydrogen-bond acceptors (Lipinski definition) is 4. The molecule has 0 radical (unpaired) electrons. The van der Waals surface area contributed by atoms with E-state index in [1.54, 1.807) is 12.1 Å². The van der Waals surface area contributed by atoms with Crippen molar-refractivity contribution in [2.45, 2.75) is 11.8 Å². The number of anilines is 1. The second-order valence-electron chi connectivity index (χ2n) is 3.61. The van der Waals surface area contributed by atoms with Gasteiger partial charge in [0.2, 0.25) is 0 Å². The molecular formula is C11H10ClN3O2S. The zero-order valence-electron chi connectivity index (χ0n) is 9.46. The van der Waals surface area contributed by atoms with Gasteiger partial charge in [-0.25, -0.2) is 13.4 Å². The third-order valence-corrected chi connectivity index (χ3v) is 3.76. The van der Waals surface area contributed by atoms with Gasteiger partial charge in [0.05, 0.1) is 16.8 Å². The van der Waals surface area contributed by atoms with Gasteiger partial charge in [0.15, 0.2) is 0 Å². The van der Waals surface area contributed by atoms with Gasteiger partial charge in [-0.05, 0) is 31.2 Å². The lowest BCUT2D eigenvalue weighted by Crippen LogP contribution is -2.13. The molecule has 2 heterocycles. The Morgan fingerprint density at radius 3 is 2.61 bits per heavy atom. The van der Waals surface area contributed by atoms with Crippen molar-refractivity contribution in [3.8, 4) is 0 Å². The average Bonchev–Trinajstić information content (AvgIpc) is 2.32. The molecule has 2 aromatic heterocycles. The second kappa shape index (κ2) is 4.91. The fourth-order valence-electron chi connectivity index (χ4n) is 1.29. The minimum absolute atomic E-state index is 0.0584. The standard InChI is InChI=1S/C11H10ClN3O2S/c1-8-2-3-9(7-14-8)15-18(16,17)10-4-5-13-11(12)6-10/h2-7,15H,1H3. The molecule has 2 aromatic rings. The molecule has 0 unspecified atom stereocenters. The zero-order valence-corrected chi connectivity index (χ0v) is 11.0. The van der Waals surface area contributed by atoms with E-state index in [0.29, 0.717) is 5.69 Å². The Balaban J connectivity index is 2.30. The van der Waals surface area contributed by atoms with Crippen molar-refractivity contribution in [2.75, 3.05) is 4.72 Å². The average molecular weight is 284 g/mol. The minimum atomic E-state index is -3.66. The van der Waals surface area contributed by atoms with Crippen molar-refractivity contribution in [3.05, 3.63) is 47.5 Å². The number of rotatable bonds is 3. The molecule has 0 saturated carbocycles. The van der Waals surface area contributed by atoms with Crippen LogP contribution in [0.3, 0.4) is 0 Å². The Morgan fingerprint density at radius 2 is 2.00 bits per heavy atom. The summed E-state index contributed by atoms with van der Waals surface area (Å²) in [6.07, 6.45) is 2.79. The summed E-state index contributed by atoms with van der Waals surface area (Å²) in [6.45, 7) is 1.82. The minimum Gasteiger partial charge on any atom is -0.278 e. The number of sulfonamides is 1. The third kappa shape index (κ3) is 2.96. The molecule has 0 aliphatic rings. The molecule has 0 saturated heterocycles. The number of nitrogens with zero attached hydrogens (tertiary/aromatic N) is 2. The largest absolute Gasteiger partial charge is 0.278 e. The molecule has 0 spiro atoms. The van der Waals surface area contributed by atoms with E-state index in [1.807, 2.05) is 6.92 Å². The Labute approximate surface area is 110 Å². The predicted molar refractivity (Wildman–Crippen MR) is 69.0 cm³/mol. The molecule has 0 atom stereocenters. The topological polar surface area (TPSA) is 72.0 Å². The van der Waals surface area contributed by atoms with Crippen LogP contribution in [0.25, 0.3) is 0 Å². The SMILES string of the molecule is Cc1ccc(NS(=O)(=O)c2ccnc(Cl)c2)cn1. The molecule has 18 heavy (non-hydrogen) atoms. The summed E-state index contributed by atoms with van der Waals surface area (Å²) in [5.41, 5.74) is 1.21. The molecule has 7 heteroatoms. The van der Waals surface area contributed by atoms with Gasteiger partial charge in [0.1, 0.15) is 5.15 Å². The van der Waals surface area contributed by atoms with E-state index in [1.165, 1.54) is 24.5 Å². The normalized spacial score (nSPS) is 11.2. The highest BCUT2D eigenvalue weighted by molar-refractivity contribution is 7.92. The number of nitrogens with one attached hydrogen (secondary N) is 1. The van der Waals surface area contributed by atoms with Gasteiger partial charge in [-0.15, -0.1) is 0 Å². The maximum Gasteiger partial charge on any atom is 0.262 e. The van der Waals surface area contributed by atoms with Gasteiger partial charge >= 0.3 is 0 Å². The fourth-order valence-corrected chi connectivity index (χ4v) is 2.59. The van der Waals surface area contributed by atoms with Crippen molar-refractivity contribution in [1.29, 1.82) is 0 Å². The number of halogens is 1. The Bertz CT molecular complexity index is 656. The summed E-state index contributed by atoms with van der Waals surface area (Å²) in [5.74, 6) is 0. The molecule has 0 aromatic carbocycles. The van der Waals surface area contributed by atoms with E-state index in [9.17, 15) is 8.42 Å². The van der Waals surface area contributed by atoms with Crippen molar-refractivity contribution in [3.63, 3.8) is 0 Å². The summed E-state index contributed by atoms with van der Waals surface area (Å²) < 4.78 is 26.4. The van der Waals surface area contributed by atoms with Crippen molar-refractivity contribution < 1.29 is 8.42 Å². The van der Waals surface area contributed by atoms with Crippen LogP contribution >= 0.6 is 11.6 Å². The van der Waals surface area contributed by atoms with Gasteiger partial charge in [-0.3, -0.25) is 9.71 Å². The smallest absolute Gasteiger partial charge is 0.262 e. The predicted octanol–water partition coefficient (Wildman–Crippen LogP) is 2.24. The molecule has 0 amide bonds. The molecule has 0 fully saturated rings. The highest BCUT2D eigenvalue weighted by Gasteiger charge is 2.14. The summed E-state index contributed by atoms with van der Waals surface area (Å²) in [5, 5.41) is 0.125. The highest BCUT2D eigenvalue weighted by atomic mass is 35.5. The molecule has 2 rings (SSSR count). The van der Waals surface area contributed by atoms with E-state index < -0.39 is 10.0 Å². The molecule has 94 valence electrons. The summed E-state index contributed by atoms with van der Waals surface area (Å²) in [4.78, 5) is 7.80. The number of pyridine rings is 2. The van der Waals surface area contributed by atoms with Gasteiger partial charge in [-0.2, -0.15) is 0 Å². The maximum atomic E-state index is 12.0. The van der Waals surface area contributed by atoms with Crippen LogP contribution in [0, 0.1) is 6.92 Å². The van der Waals surface area contributed by atoms with Gasteiger partial charge < -0.3 is 0 Å². The van der Waals surface area contributed by atoms with Crippen LogP contribution < -0.4 is 4.72 Å². The molecule has 0 aliphatic carbocycles. The third-order valence-electron chi connectivity index (χ3n) is 2.17. The summed E-state index contributed by atoms with van der Waals surface area (Å²) in [7, 11) is -3.66. The molecule has 0 bridgehead atoms. The van der Waals surface area contributed by atoms with Crippen molar-refractivity contribution >= 4 is 27.3 Å². The van der Waals surface area contributed by atoms with Crippen LogP contribution in [0.2, 0.25) is 5.15 Å². The van der Waals surface area contributed by atoms with Crippen LogP contribution in [0.5, 0.6) is 0 Å². The maximum absolute atomic E-state index is 12.0. The summed E-state index contributed by atoms with van der Waals surface area (Å²) >= 11 is 5.66. The van der Waals surface area contributed by atoms with E-state index in [-0.39, 0.29) is 10.0 Å². The Kier molecular flexibility index (Phi) is 3.49. The first-order chi connectivity index (χ1) is 8.47. The van der Waals surface area contributed by atoms with E-state index in [4.69, 9.17) is 11.6 Å². The Morgan fingerprint density at radius 1 is 1.22 bits per heavy atom. The van der Waals surface area contributed by atoms with Crippen LogP contribution in [-0.2, 0) is 10.0 Å². The monoisotopic (exact) mass is 283 g/mol. The van der Waals surface area contributed by atoms with E-state index >= 15 is 0 Å². The van der Waals surface area contributed by atoms with Crippen LogP contribution in [0.15, 0.2) is 41.6 Å². The first kappa shape index (κ1) is 12.8. The summed E-state index contributed by atoms with van der Waals surface area (Å²) in [6, 6.07) is 6.02. The van der Waals surface area contributed by atoms with Gasteiger partial charge in [-0.1, -0.05) is 11.6 Å². The number of aromatic nitrogens is 2. The lowest BCUT2D eigenvalue weighted by Gasteiger charge is -2.07. The number of aryl methyl sites for hydroxylation is 1.